The van der Waals surface area contributed by atoms with Crippen molar-refractivity contribution in [3.63, 3.8) is 0 Å². The molecule has 0 saturated carbocycles. The van der Waals surface area contributed by atoms with Gasteiger partial charge in [0.15, 0.2) is 18.1 Å². The zero-order valence-electron chi connectivity index (χ0n) is 15.6. The van der Waals surface area contributed by atoms with E-state index in [1.165, 1.54) is 17.0 Å². The Labute approximate surface area is 165 Å². The lowest BCUT2D eigenvalue weighted by molar-refractivity contribution is -0.383. The van der Waals surface area contributed by atoms with E-state index < -0.39 is 29.1 Å². The Bertz CT molecular complexity index is 961. The molecule has 10 heteroatoms. The number of anilines is 1. The lowest BCUT2D eigenvalue weighted by atomic mass is 10.2. The van der Waals surface area contributed by atoms with Crippen LogP contribution in [-0.4, -0.2) is 41.6 Å². The van der Waals surface area contributed by atoms with Gasteiger partial charge in [-0.05, 0) is 36.8 Å². The van der Waals surface area contributed by atoms with E-state index in [2.05, 4.69) is 0 Å². The molecule has 1 aliphatic rings. The Kier molecular flexibility index (Phi) is 5.82. The number of esters is 1. The molecule has 29 heavy (non-hydrogen) atoms. The van der Waals surface area contributed by atoms with Crippen molar-refractivity contribution in [1.82, 2.24) is 4.90 Å². The Balaban J connectivity index is 1.60. The van der Waals surface area contributed by atoms with Gasteiger partial charge in [-0.1, -0.05) is 6.07 Å². The molecule has 0 unspecified atom stereocenters. The molecule has 1 aliphatic heterocycles. The van der Waals surface area contributed by atoms with E-state index in [0.29, 0.717) is 24.6 Å². The average Bonchev–Trinajstić information content (AvgIpc) is 3.17. The molecule has 1 heterocycles. The highest BCUT2D eigenvalue weighted by Gasteiger charge is 2.20. The maximum absolute atomic E-state index is 12.4. The lowest BCUT2D eigenvalue weighted by Crippen LogP contribution is -2.34. The number of benzene rings is 2. The third kappa shape index (κ3) is 4.54. The summed E-state index contributed by atoms with van der Waals surface area (Å²) in [5.41, 5.74) is 5.82. The van der Waals surface area contributed by atoms with Crippen LogP contribution in [0.2, 0.25) is 0 Å². The van der Waals surface area contributed by atoms with Crippen LogP contribution in [0.25, 0.3) is 0 Å². The summed E-state index contributed by atoms with van der Waals surface area (Å²) >= 11 is 0. The Morgan fingerprint density at radius 1 is 1.21 bits per heavy atom. The third-order valence-electron chi connectivity index (χ3n) is 4.33. The van der Waals surface area contributed by atoms with E-state index in [1.807, 2.05) is 6.07 Å². The molecule has 2 N–H and O–H groups in total. The smallest absolute Gasteiger partial charge is 0.338 e. The minimum absolute atomic E-state index is 0.0579. The van der Waals surface area contributed by atoms with Crippen LogP contribution in [0.15, 0.2) is 36.4 Å². The van der Waals surface area contributed by atoms with E-state index in [9.17, 15) is 19.7 Å². The predicted octanol–water partition coefficient (Wildman–Crippen LogP) is 2.11. The fourth-order valence-corrected chi connectivity index (χ4v) is 2.77. The third-order valence-corrected chi connectivity index (χ3v) is 4.33. The predicted molar refractivity (Wildman–Crippen MR) is 101 cm³/mol. The minimum atomic E-state index is -0.847. The van der Waals surface area contributed by atoms with E-state index in [-0.39, 0.29) is 18.0 Å². The monoisotopic (exact) mass is 401 g/mol. The van der Waals surface area contributed by atoms with E-state index in [0.717, 1.165) is 11.6 Å². The topological polar surface area (TPSA) is 134 Å². The number of nitro benzene ring substituents is 1. The number of nitrogen functional groups attached to an aromatic ring is 1. The number of hydrogen-bond donors (Lipinski definition) is 1. The molecular formula is C19H19N3O7. The maximum Gasteiger partial charge on any atom is 0.338 e. The number of likely N-dealkylation sites (N-methyl/N-ethyl adjacent to an activating group) is 1. The number of nitrogens with two attached hydrogens (primary N) is 1. The molecule has 0 saturated heterocycles. The first kappa shape index (κ1) is 19.9. The number of fused-ring (bicyclic) bond motifs is 1. The number of ether oxygens (including phenoxy) is 3. The largest absolute Gasteiger partial charge is 0.454 e. The second kappa shape index (κ2) is 8.46. The second-order valence-corrected chi connectivity index (χ2v) is 6.20. The number of rotatable bonds is 7. The highest BCUT2D eigenvalue weighted by atomic mass is 16.7. The quantitative estimate of drug-likeness (QED) is 0.323. The van der Waals surface area contributed by atoms with Gasteiger partial charge in [0.2, 0.25) is 6.79 Å². The number of nitro groups is 1. The number of carbonyl (C=O) groups is 2. The lowest BCUT2D eigenvalue weighted by Gasteiger charge is -2.21. The summed E-state index contributed by atoms with van der Waals surface area (Å²) in [4.78, 5) is 36.3. The number of carbonyl (C=O) groups excluding carboxylic acids is 2. The van der Waals surface area contributed by atoms with Crippen LogP contribution in [0.4, 0.5) is 11.4 Å². The van der Waals surface area contributed by atoms with Gasteiger partial charge in [0.05, 0.1) is 10.5 Å². The molecule has 3 rings (SSSR count). The van der Waals surface area contributed by atoms with Crippen LogP contribution >= 0.6 is 0 Å². The van der Waals surface area contributed by atoms with E-state index in [4.69, 9.17) is 19.9 Å². The molecule has 0 aliphatic carbocycles. The zero-order valence-corrected chi connectivity index (χ0v) is 15.6. The van der Waals surface area contributed by atoms with Crippen molar-refractivity contribution in [1.29, 1.82) is 0 Å². The van der Waals surface area contributed by atoms with Gasteiger partial charge in [0.1, 0.15) is 5.69 Å². The van der Waals surface area contributed by atoms with Crippen LogP contribution in [0.5, 0.6) is 11.5 Å². The Morgan fingerprint density at radius 2 is 1.97 bits per heavy atom. The van der Waals surface area contributed by atoms with Crippen molar-refractivity contribution in [2.45, 2.75) is 13.5 Å². The van der Waals surface area contributed by atoms with Crippen LogP contribution in [0.1, 0.15) is 22.8 Å². The average molecular weight is 401 g/mol. The SMILES string of the molecule is CCN(Cc1ccc2c(c1)OCO2)C(=O)COC(=O)c1ccc(N)c([N+](=O)[O-])c1. The maximum atomic E-state index is 12.4. The van der Waals surface area contributed by atoms with E-state index >= 15 is 0 Å². The van der Waals surface area contributed by atoms with Crippen LogP contribution in [-0.2, 0) is 16.1 Å². The van der Waals surface area contributed by atoms with Crippen molar-refractivity contribution < 1.29 is 28.7 Å². The number of hydrogen-bond acceptors (Lipinski definition) is 8. The van der Waals surface area contributed by atoms with Gasteiger partial charge >= 0.3 is 5.97 Å². The molecule has 0 radical (unpaired) electrons. The summed E-state index contributed by atoms with van der Waals surface area (Å²) in [5.74, 6) is 0.0149. The minimum Gasteiger partial charge on any atom is -0.454 e. The van der Waals surface area contributed by atoms with Gasteiger partial charge in [0, 0.05) is 19.2 Å². The molecule has 0 aromatic heterocycles. The summed E-state index contributed by atoms with van der Waals surface area (Å²) < 4.78 is 15.6. The summed E-state index contributed by atoms with van der Waals surface area (Å²) in [5, 5.41) is 10.9. The fraction of sp³-hybridized carbons (Fsp3) is 0.263. The molecule has 0 atom stereocenters. The van der Waals surface area contributed by atoms with Crippen molar-refractivity contribution in [3.05, 3.63) is 57.6 Å². The summed E-state index contributed by atoms with van der Waals surface area (Å²) in [6.07, 6.45) is 0. The summed E-state index contributed by atoms with van der Waals surface area (Å²) in [6.45, 7) is 2.18. The number of nitrogens with zero attached hydrogens (tertiary/aromatic N) is 2. The molecule has 0 spiro atoms. The van der Waals surface area contributed by atoms with Crippen molar-refractivity contribution >= 4 is 23.3 Å². The van der Waals surface area contributed by atoms with Gasteiger partial charge in [-0.3, -0.25) is 14.9 Å². The molecule has 152 valence electrons. The van der Waals surface area contributed by atoms with Crippen LogP contribution < -0.4 is 15.2 Å². The molecule has 0 bridgehead atoms. The van der Waals surface area contributed by atoms with Gasteiger partial charge in [-0.15, -0.1) is 0 Å². The summed E-state index contributed by atoms with van der Waals surface area (Å²) in [7, 11) is 0. The first-order valence-corrected chi connectivity index (χ1v) is 8.76. The first-order valence-electron chi connectivity index (χ1n) is 8.76. The highest BCUT2D eigenvalue weighted by Crippen LogP contribution is 2.32. The Morgan fingerprint density at radius 3 is 2.69 bits per heavy atom. The molecule has 2 aromatic carbocycles. The van der Waals surface area contributed by atoms with Crippen molar-refractivity contribution in [2.75, 3.05) is 25.7 Å². The molecular weight excluding hydrogens is 382 g/mol. The highest BCUT2D eigenvalue weighted by molar-refractivity contribution is 5.92. The zero-order chi connectivity index (χ0) is 21.0. The summed E-state index contributed by atoms with van der Waals surface area (Å²) in [6, 6.07) is 8.95. The standard InChI is InChI=1S/C19H19N3O7/c1-2-21(9-12-3-6-16-17(7-12)29-11-28-16)18(23)10-27-19(24)13-4-5-14(20)15(8-13)22(25)26/h3-8H,2,9-11,20H2,1H3. The normalized spacial score (nSPS) is 11.8. The van der Waals surface area contributed by atoms with Crippen molar-refractivity contribution in [2.24, 2.45) is 0 Å². The van der Waals surface area contributed by atoms with Crippen LogP contribution in [0, 0.1) is 10.1 Å². The number of amides is 1. The molecule has 2 aromatic rings. The van der Waals surface area contributed by atoms with Gasteiger partial charge < -0.3 is 24.8 Å². The van der Waals surface area contributed by atoms with Gasteiger partial charge in [-0.25, -0.2) is 4.79 Å². The van der Waals surface area contributed by atoms with Gasteiger partial charge in [-0.2, -0.15) is 0 Å². The van der Waals surface area contributed by atoms with Gasteiger partial charge in [0.25, 0.3) is 11.6 Å². The molecule has 1 amide bonds. The Hall–Kier alpha value is -3.82. The second-order valence-electron chi connectivity index (χ2n) is 6.20. The fourth-order valence-electron chi connectivity index (χ4n) is 2.77. The molecule has 0 fully saturated rings. The first-order chi connectivity index (χ1) is 13.9. The van der Waals surface area contributed by atoms with Crippen molar-refractivity contribution in [3.8, 4) is 11.5 Å². The van der Waals surface area contributed by atoms with Crippen LogP contribution in [0.3, 0.4) is 0 Å². The van der Waals surface area contributed by atoms with E-state index in [1.54, 1.807) is 19.1 Å². The molecule has 10 nitrogen and oxygen atoms in total.